The highest BCUT2D eigenvalue weighted by Crippen LogP contribution is 2.25. The molecule has 0 spiro atoms. The second-order valence-electron chi connectivity index (χ2n) is 7.02. The normalized spacial score (nSPS) is 13.5. The van der Waals surface area contributed by atoms with Crippen molar-refractivity contribution in [1.82, 2.24) is 9.97 Å². The first-order chi connectivity index (χ1) is 13.6. The number of aryl methyl sites for hydroxylation is 1. The maximum Gasteiger partial charge on any atom is 0.343 e. The highest BCUT2D eigenvalue weighted by Gasteiger charge is 2.22. The van der Waals surface area contributed by atoms with Crippen LogP contribution in [0, 0.1) is 0 Å². The standard InChI is InChI=1S/C22H23N3O3/c1-3-18-19(22(27)28-4-2)20(26)17-11-16(12-23-21(17)25-18)24-15-9-13-7-5-6-8-14(13)10-15/h5-8,11-12,15,24H,3-4,9-10H2,1-2H3,(H,23,25,26). The molecule has 0 radical (unpaired) electrons. The molecule has 4 rings (SSSR count). The van der Waals surface area contributed by atoms with Gasteiger partial charge in [0, 0.05) is 11.7 Å². The average molecular weight is 377 g/mol. The van der Waals surface area contributed by atoms with Gasteiger partial charge in [-0.05, 0) is 43.4 Å². The zero-order chi connectivity index (χ0) is 19.7. The Morgan fingerprint density at radius 1 is 1.25 bits per heavy atom. The van der Waals surface area contributed by atoms with E-state index in [0.717, 1.165) is 18.5 Å². The van der Waals surface area contributed by atoms with Crippen LogP contribution in [0.3, 0.4) is 0 Å². The highest BCUT2D eigenvalue weighted by atomic mass is 16.5. The van der Waals surface area contributed by atoms with Gasteiger partial charge < -0.3 is 15.0 Å². The fraction of sp³-hybridized carbons (Fsp3) is 0.318. The van der Waals surface area contributed by atoms with Crippen LogP contribution in [-0.4, -0.2) is 28.6 Å². The Labute approximate surface area is 163 Å². The number of carbonyl (C=O) groups is 1. The number of pyridine rings is 2. The molecule has 0 bridgehead atoms. The summed E-state index contributed by atoms with van der Waals surface area (Å²) in [6.07, 6.45) is 4.12. The summed E-state index contributed by atoms with van der Waals surface area (Å²) in [6.45, 7) is 3.83. The third-order valence-corrected chi connectivity index (χ3v) is 5.19. The van der Waals surface area contributed by atoms with E-state index in [2.05, 4.69) is 39.6 Å². The van der Waals surface area contributed by atoms with Gasteiger partial charge in [-0.25, -0.2) is 9.78 Å². The lowest BCUT2D eigenvalue weighted by Gasteiger charge is -2.14. The zero-order valence-corrected chi connectivity index (χ0v) is 16.0. The van der Waals surface area contributed by atoms with Crippen LogP contribution in [0.1, 0.15) is 41.0 Å². The molecule has 2 aromatic heterocycles. The van der Waals surface area contributed by atoms with E-state index in [1.165, 1.54) is 11.1 Å². The molecule has 28 heavy (non-hydrogen) atoms. The summed E-state index contributed by atoms with van der Waals surface area (Å²) in [7, 11) is 0. The topological polar surface area (TPSA) is 84.1 Å². The largest absolute Gasteiger partial charge is 0.462 e. The van der Waals surface area contributed by atoms with Crippen LogP contribution in [-0.2, 0) is 24.0 Å². The summed E-state index contributed by atoms with van der Waals surface area (Å²) in [6, 6.07) is 10.4. The number of hydrogen-bond acceptors (Lipinski definition) is 5. The van der Waals surface area contributed by atoms with Crippen LogP contribution in [0.4, 0.5) is 5.69 Å². The number of hydrogen-bond donors (Lipinski definition) is 2. The van der Waals surface area contributed by atoms with Gasteiger partial charge >= 0.3 is 5.97 Å². The van der Waals surface area contributed by atoms with E-state index in [0.29, 0.717) is 23.1 Å². The zero-order valence-electron chi connectivity index (χ0n) is 16.0. The number of anilines is 1. The van der Waals surface area contributed by atoms with Gasteiger partial charge in [0.1, 0.15) is 11.2 Å². The molecule has 1 aliphatic rings. The summed E-state index contributed by atoms with van der Waals surface area (Å²) >= 11 is 0. The number of ether oxygens (including phenoxy) is 1. The molecule has 2 N–H and O–H groups in total. The summed E-state index contributed by atoms with van der Waals surface area (Å²) < 4.78 is 5.08. The van der Waals surface area contributed by atoms with E-state index >= 15 is 0 Å². The minimum absolute atomic E-state index is 0.0732. The van der Waals surface area contributed by atoms with Crippen LogP contribution in [0.5, 0.6) is 0 Å². The van der Waals surface area contributed by atoms with Crippen molar-refractivity contribution in [2.45, 2.75) is 39.2 Å². The van der Waals surface area contributed by atoms with Gasteiger partial charge in [0.05, 0.1) is 23.9 Å². The molecule has 0 saturated heterocycles. The highest BCUT2D eigenvalue weighted by molar-refractivity contribution is 5.94. The third-order valence-electron chi connectivity index (χ3n) is 5.19. The number of esters is 1. The molecule has 1 aliphatic carbocycles. The molecule has 0 saturated carbocycles. The van der Waals surface area contributed by atoms with Crippen molar-refractivity contribution in [3.05, 3.63) is 69.1 Å². The molecule has 0 fully saturated rings. The molecule has 0 amide bonds. The SMILES string of the molecule is CCOC(=O)c1c(CC)[nH]c2ncc(NC3Cc4ccccc4C3)cc2c1=O. The monoisotopic (exact) mass is 377 g/mol. The summed E-state index contributed by atoms with van der Waals surface area (Å²) in [5.74, 6) is -0.591. The lowest BCUT2D eigenvalue weighted by molar-refractivity contribution is 0.0523. The van der Waals surface area contributed by atoms with Crippen molar-refractivity contribution in [3.8, 4) is 0 Å². The van der Waals surface area contributed by atoms with Crippen molar-refractivity contribution >= 4 is 22.7 Å². The quantitative estimate of drug-likeness (QED) is 0.667. The Morgan fingerprint density at radius 3 is 2.61 bits per heavy atom. The van der Waals surface area contributed by atoms with Gasteiger partial charge in [0.15, 0.2) is 0 Å². The van der Waals surface area contributed by atoms with E-state index in [4.69, 9.17) is 4.74 Å². The van der Waals surface area contributed by atoms with Gasteiger partial charge in [-0.1, -0.05) is 31.2 Å². The van der Waals surface area contributed by atoms with Gasteiger partial charge in [-0.3, -0.25) is 4.79 Å². The molecule has 6 nitrogen and oxygen atoms in total. The molecular weight excluding hydrogens is 354 g/mol. The lowest BCUT2D eigenvalue weighted by atomic mass is 10.1. The number of aromatic nitrogens is 2. The first-order valence-corrected chi connectivity index (χ1v) is 9.66. The Morgan fingerprint density at radius 2 is 1.96 bits per heavy atom. The maximum atomic E-state index is 13.0. The molecule has 0 atom stereocenters. The van der Waals surface area contributed by atoms with Crippen molar-refractivity contribution in [2.75, 3.05) is 11.9 Å². The van der Waals surface area contributed by atoms with Crippen molar-refractivity contribution < 1.29 is 9.53 Å². The van der Waals surface area contributed by atoms with Crippen LogP contribution in [0.25, 0.3) is 11.0 Å². The van der Waals surface area contributed by atoms with Crippen molar-refractivity contribution in [3.63, 3.8) is 0 Å². The number of aromatic amines is 1. The van der Waals surface area contributed by atoms with E-state index in [1.54, 1.807) is 19.2 Å². The Hall–Kier alpha value is -3.15. The van der Waals surface area contributed by atoms with Crippen LogP contribution < -0.4 is 10.7 Å². The number of nitrogens with one attached hydrogen (secondary N) is 2. The fourth-order valence-corrected chi connectivity index (χ4v) is 3.87. The minimum atomic E-state index is -0.591. The van der Waals surface area contributed by atoms with Gasteiger partial charge in [0.2, 0.25) is 5.43 Å². The second-order valence-corrected chi connectivity index (χ2v) is 7.02. The first kappa shape index (κ1) is 18.2. The molecule has 3 aromatic rings. The molecule has 6 heteroatoms. The summed E-state index contributed by atoms with van der Waals surface area (Å²) in [5, 5.41) is 3.87. The predicted molar refractivity (Wildman–Crippen MR) is 109 cm³/mol. The predicted octanol–water partition coefficient (Wildman–Crippen LogP) is 3.24. The molecule has 0 aliphatic heterocycles. The lowest BCUT2D eigenvalue weighted by Crippen LogP contribution is -2.23. The molecule has 0 unspecified atom stereocenters. The molecule has 2 heterocycles. The van der Waals surface area contributed by atoms with Crippen LogP contribution in [0.2, 0.25) is 0 Å². The summed E-state index contributed by atoms with van der Waals surface area (Å²) in [4.78, 5) is 32.8. The maximum absolute atomic E-state index is 13.0. The number of H-pyrrole nitrogens is 1. The van der Waals surface area contributed by atoms with E-state index in [9.17, 15) is 9.59 Å². The van der Waals surface area contributed by atoms with E-state index < -0.39 is 5.97 Å². The second kappa shape index (κ2) is 7.46. The van der Waals surface area contributed by atoms with Gasteiger partial charge in [-0.15, -0.1) is 0 Å². The van der Waals surface area contributed by atoms with Crippen molar-refractivity contribution in [1.29, 1.82) is 0 Å². The number of benzene rings is 1. The molecule has 144 valence electrons. The van der Waals surface area contributed by atoms with E-state index in [-0.39, 0.29) is 23.6 Å². The minimum Gasteiger partial charge on any atom is -0.462 e. The summed E-state index contributed by atoms with van der Waals surface area (Å²) in [5.41, 5.74) is 4.24. The molecule has 1 aromatic carbocycles. The Balaban J connectivity index is 1.68. The van der Waals surface area contributed by atoms with E-state index in [1.807, 2.05) is 6.92 Å². The Kier molecular flexibility index (Phi) is 4.86. The molecular formula is C22H23N3O3. The van der Waals surface area contributed by atoms with Crippen molar-refractivity contribution in [2.24, 2.45) is 0 Å². The third kappa shape index (κ3) is 3.26. The number of carbonyl (C=O) groups excluding carboxylic acids is 1. The van der Waals surface area contributed by atoms with Gasteiger partial charge in [-0.2, -0.15) is 0 Å². The number of rotatable bonds is 5. The number of fused-ring (bicyclic) bond motifs is 2. The number of nitrogens with zero attached hydrogens (tertiary/aromatic N) is 1. The van der Waals surface area contributed by atoms with Crippen LogP contribution in [0.15, 0.2) is 41.3 Å². The van der Waals surface area contributed by atoms with Gasteiger partial charge in [0.25, 0.3) is 0 Å². The average Bonchev–Trinajstić information content (AvgIpc) is 3.10. The fourth-order valence-electron chi connectivity index (χ4n) is 3.87. The smallest absolute Gasteiger partial charge is 0.343 e. The Bertz CT molecular complexity index is 1080. The first-order valence-electron chi connectivity index (χ1n) is 9.66. The van der Waals surface area contributed by atoms with Crippen LogP contribution >= 0.6 is 0 Å².